The highest BCUT2D eigenvalue weighted by Gasteiger charge is 2.16. The van der Waals surface area contributed by atoms with E-state index in [0.29, 0.717) is 23.5 Å². The lowest BCUT2D eigenvalue weighted by atomic mass is 10.1. The lowest BCUT2D eigenvalue weighted by Gasteiger charge is -2.09. The Morgan fingerprint density at radius 1 is 1.09 bits per heavy atom. The standard InChI is InChI=1S/C27H21FN4/c1-17-11-12-24-25(13-17)31-27(30-24)20(15-29)14-22-18(2)32(26-10-6-4-8-21(22)26)16-19-7-3-5-9-23(19)28/h3-14H,16H2,1-2H3,(H,30,31). The van der Waals surface area contributed by atoms with Crippen molar-refractivity contribution in [3.8, 4) is 6.07 Å². The number of fused-ring (bicyclic) bond motifs is 2. The molecule has 0 aliphatic heterocycles. The van der Waals surface area contributed by atoms with Crippen molar-refractivity contribution in [3.63, 3.8) is 0 Å². The molecular weight excluding hydrogens is 399 g/mol. The Morgan fingerprint density at radius 2 is 1.88 bits per heavy atom. The van der Waals surface area contributed by atoms with Gasteiger partial charge in [0, 0.05) is 27.7 Å². The maximum atomic E-state index is 14.3. The van der Waals surface area contributed by atoms with Gasteiger partial charge in [-0.2, -0.15) is 5.26 Å². The number of para-hydroxylation sites is 1. The van der Waals surface area contributed by atoms with Crippen LogP contribution in [-0.4, -0.2) is 14.5 Å². The van der Waals surface area contributed by atoms with E-state index in [1.54, 1.807) is 12.1 Å². The smallest absolute Gasteiger partial charge is 0.149 e. The molecule has 3 aromatic carbocycles. The number of benzene rings is 3. The summed E-state index contributed by atoms with van der Waals surface area (Å²) in [7, 11) is 0. The number of aromatic amines is 1. The number of aryl methyl sites for hydroxylation is 1. The molecule has 1 N–H and O–H groups in total. The number of imidazole rings is 1. The molecule has 2 aromatic heterocycles. The summed E-state index contributed by atoms with van der Waals surface area (Å²) < 4.78 is 16.4. The zero-order valence-electron chi connectivity index (χ0n) is 17.9. The number of hydrogen-bond acceptors (Lipinski definition) is 2. The number of nitrogens with one attached hydrogen (secondary N) is 1. The van der Waals surface area contributed by atoms with Crippen LogP contribution in [-0.2, 0) is 6.54 Å². The van der Waals surface area contributed by atoms with Crippen LogP contribution in [0.1, 0.15) is 28.2 Å². The minimum Gasteiger partial charge on any atom is -0.340 e. The van der Waals surface area contributed by atoms with Crippen LogP contribution in [0.4, 0.5) is 4.39 Å². The van der Waals surface area contributed by atoms with Crippen LogP contribution < -0.4 is 0 Å². The molecule has 2 heterocycles. The highest BCUT2D eigenvalue weighted by atomic mass is 19.1. The summed E-state index contributed by atoms with van der Waals surface area (Å²) in [5.41, 5.74) is 6.83. The van der Waals surface area contributed by atoms with Crippen LogP contribution in [0.2, 0.25) is 0 Å². The van der Waals surface area contributed by atoms with Crippen LogP contribution in [0, 0.1) is 31.0 Å². The third kappa shape index (κ3) is 3.36. The monoisotopic (exact) mass is 420 g/mol. The number of hydrogen-bond donors (Lipinski definition) is 1. The van der Waals surface area contributed by atoms with Gasteiger partial charge in [-0.05, 0) is 49.8 Å². The van der Waals surface area contributed by atoms with E-state index in [0.717, 1.165) is 38.8 Å². The number of allylic oxidation sites excluding steroid dienone is 1. The molecule has 4 nitrogen and oxygen atoms in total. The molecule has 0 fully saturated rings. The Kier molecular flexibility index (Phi) is 4.84. The number of H-pyrrole nitrogens is 1. The van der Waals surface area contributed by atoms with E-state index in [2.05, 4.69) is 20.6 Å². The van der Waals surface area contributed by atoms with Crippen molar-refractivity contribution >= 4 is 33.6 Å². The average Bonchev–Trinajstić information content (AvgIpc) is 3.32. The first-order valence-electron chi connectivity index (χ1n) is 10.4. The van der Waals surface area contributed by atoms with Gasteiger partial charge in [-0.15, -0.1) is 0 Å². The van der Waals surface area contributed by atoms with Gasteiger partial charge in [-0.25, -0.2) is 9.37 Å². The van der Waals surface area contributed by atoms with Gasteiger partial charge in [0.2, 0.25) is 0 Å². The highest BCUT2D eigenvalue weighted by Crippen LogP contribution is 2.30. The summed E-state index contributed by atoms with van der Waals surface area (Å²) in [5.74, 6) is 0.315. The van der Waals surface area contributed by atoms with Gasteiger partial charge in [0.25, 0.3) is 0 Å². The first-order valence-corrected chi connectivity index (χ1v) is 10.4. The molecule has 0 unspecified atom stereocenters. The molecule has 0 saturated heterocycles. The lowest BCUT2D eigenvalue weighted by Crippen LogP contribution is -2.03. The van der Waals surface area contributed by atoms with Crippen molar-refractivity contribution in [2.75, 3.05) is 0 Å². The van der Waals surface area contributed by atoms with E-state index in [-0.39, 0.29) is 5.82 Å². The molecule has 0 radical (unpaired) electrons. The van der Waals surface area contributed by atoms with Crippen molar-refractivity contribution in [2.45, 2.75) is 20.4 Å². The average molecular weight is 420 g/mol. The predicted molar refractivity (Wildman–Crippen MR) is 126 cm³/mol. The first-order chi connectivity index (χ1) is 15.5. The topological polar surface area (TPSA) is 57.4 Å². The maximum absolute atomic E-state index is 14.3. The Morgan fingerprint density at radius 3 is 2.69 bits per heavy atom. The number of halogens is 1. The summed E-state index contributed by atoms with van der Waals surface area (Å²) in [6.45, 7) is 4.44. The normalized spacial score (nSPS) is 11.9. The van der Waals surface area contributed by atoms with Crippen LogP contribution in [0.3, 0.4) is 0 Å². The van der Waals surface area contributed by atoms with Crippen molar-refractivity contribution in [3.05, 3.63) is 101 Å². The highest BCUT2D eigenvalue weighted by molar-refractivity contribution is 5.99. The van der Waals surface area contributed by atoms with Crippen molar-refractivity contribution in [2.24, 2.45) is 0 Å². The van der Waals surface area contributed by atoms with Gasteiger partial charge in [0.05, 0.1) is 23.2 Å². The van der Waals surface area contributed by atoms with Crippen LogP contribution in [0.25, 0.3) is 33.6 Å². The van der Waals surface area contributed by atoms with Gasteiger partial charge in [0.1, 0.15) is 17.7 Å². The van der Waals surface area contributed by atoms with Gasteiger partial charge < -0.3 is 9.55 Å². The molecule has 5 aromatic rings. The largest absolute Gasteiger partial charge is 0.340 e. The molecular formula is C27H21FN4. The van der Waals surface area contributed by atoms with E-state index in [1.165, 1.54) is 6.07 Å². The summed E-state index contributed by atoms with van der Waals surface area (Å²) in [4.78, 5) is 7.89. The minimum atomic E-state index is -0.225. The van der Waals surface area contributed by atoms with E-state index in [4.69, 9.17) is 0 Å². The first kappa shape index (κ1) is 19.8. The maximum Gasteiger partial charge on any atom is 0.149 e. The van der Waals surface area contributed by atoms with Crippen molar-refractivity contribution in [1.29, 1.82) is 5.26 Å². The number of nitrogens with zero attached hydrogens (tertiary/aromatic N) is 3. The molecule has 0 bridgehead atoms. The zero-order valence-corrected chi connectivity index (χ0v) is 17.9. The Bertz CT molecular complexity index is 1550. The van der Waals surface area contributed by atoms with E-state index in [1.807, 2.05) is 68.5 Å². The Labute approximate surface area is 185 Å². The van der Waals surface area contributed by atoms with Crippen molar-refractivity contribution < 1.29 is 4.39 Å². The minimum absolute atomic E-state index is 0.225. The van der Waals surface area contributed by atoms with Crippen molar-refractivity contribution in [1.82, 2.24) is 14.5 Å². The molecule has 0 spiro atoms. The van der Waals surface area contributed by atoms with E-state index in [9.17, 15) is 9.65 Å². The third-order valence-electron chi connectivity index (χ3n) is 5.87. The molecule has 5 heteroatoms. The Balaban J connectivity index is 1.66. The quantitative estimate of drug-likeness (QED) is 0.343. The van der Waals surface area contributed by atoms with E-state index >= 15 is 0 Å². The molecule has 0 aliphatic rings. The van der Waals surface area contributed by atoms with Gasteiger partial charge >= 0.3 is 0 Å². The fraction of sp³-hybridized carbons (Fsp3) is 0.111. The van der Waals surface area contributed by atoms with Crippen LogP contribution in [0.15, 0.2) is 66.7 Å². The molecule has 0 saturated carbocycles. The van der Waals surface area contributed by atoms with E-state index < -0.39 is 0 Å². The fourth-order valence-corrected chi connectivity index (χ4v) is 4.19. The number of nitriles is 1. The van der Waals surface area contributed by atoms with Gasteiger partial charge in [-0.1, -0.05) is 42.5 Å². The van der Waals surface area contributed by atoms with Gasteiger partial charge in [-0.3, -0.25) is 0 Å². The lowest BCUT2D eigenvalue weighted by molar-refractivity contribution is 0.600. The molecule has 32 heavy (non-hydrogen) atoms. The predicted octanol–water partition coefficient (Wildman–Crippen LogP) is 6.39. The molecule has 156 valence electrons. The summed E-state index contributed by atoms with van der Waals surface area (Å²) in [5, 5.41) is 10.9. The third-order valence-corrected chi connectivity index (χ3v) is 5.87. The zero-order chi connectivity index (χ0) is 22.2. The van der Waals surface area contributed by atoms with Crippen LogP contribution >= 0.6 is 0 Å². The van der Waals surface area contributed by atoms with Crippen LogP contribution in [0.5, 0.6) is 0 Å². The second-order valence-corrected chi connectivity index (χ2v) is 7.97. The summed E-state index contributed by atoms with van der Waals surface area (Å²) in [6.07, 6.45) is 1.88. The summed E-state index contributed by atoms with van der Waals surface area (Å²) >= 11 is 0. The molecule has 5 rings (SSSR count). The molecule has 0 aliphatic carbocycles. The molecule has 0 atom stereocenters. The number of rotatable bonds is 4. The number of aromatic nitrogens is 3. The fourth-order valence-electron chi connectivity index (χ4n) is 4.19. The summed E-state index contributed by atoms with van der Waals surface area (Å²) in [6, 6.07) is 23.1. The SMILES string of the molecule is Cc1ccc2nc(C(C#N)=Cc3c(C)n(Cc4ccccc4F)c4ccccc34)[nH]c2c1. The second-order valence-electron chi connectivity index (χ2n) is 7.97. The Hall–Kier alpha value is -4.17. The molecule has 0 amide bonds. The van der Waals surface area contributed by atoms with Gasteiger partial charge in [0.15, 0.2) is 0 Å². The second kappa shape index (κ2) is 7.82.